The smallest absolute Gasteiger partial charge is 0.0445 e. The molecule has 1 fully saturated rings. The molecule has 0 saturated carbocycles. The molecule has 1 aromatic heterocycles. The number of anilines is 1. The van der Waals surface area contributed by atoms with Crippen LogP contribution in [0.15, 0.2) is 18.5 Å². The van der Waals surface area contributed by atoms with E-state index in [9.17, 15) is 0 Å². The van der Waals surface area contributed by atoms with E-state index in [0.717, 1.165) is 19.0 Å². The summed E-state index contributed by atoms with van der Waals surface area (Å²) < 4.78 is 0. The lowest BCUT2D eigenvalue weighted by molar-refractivity contribution is 0.363. The van der Waals surface area contributed by atoms with Crippen molar-refractivity contribution in [3.05, 3.63) is 24.0 Å². The van der Waals surface area contributed by atoms with Crippen LogP contribution in [0.3, 0.4) is 0 Å². The zero-order valence-corrected chi connectivity index (χ0v) is 11.8. The topological polar surface area (TPSA) is 28.2 Å². The summed E-state index contributed by atoms with van der Waals surface area (Å²) >= 11 is 0. The summed E-state index contributed by atoms with van der Waals surface area (Å²) in [5, 5.41) is 3.40. The second-order valence-corrected chi connectivity index (χ2v) is 5.34. The van der Waals surface area contributed by atoms with Crippen LogP contribution in [0.25, 0.3) is 0 Å². The van der Waals surface area contributed by atoms with Crippen molar-refractivity contribution in [2.24, 2.45) is 5.92 Å². The van der Waals surface area contributed by atoms with Gasteiger partial charge in [-0.2, -0.15) is 0 Å². The molecule has 2 atom stereocenters. The van der Waals surface area contributed by atoms with Crippen LogP contribution >= 0.6 is 0 Å². The van der Waals surface area contributed by atoms with Gasteiger partial charge in [0.1, 0.15) is 0 Å². The fourth-order valence-corrected chi connectivity index (χ4v) is 2.77. The van der Waals surface area contributed by atoms with Crippen molar-refractivity contribution >= 4 is 5.69 Å². The fraction of sp³-hybridized carbons (Fsp3) is 0.667. The zero-order valence-electron chi connectivity index (χ0n) is 11.8. The van der Waals surface area contributed by atoms with Crippen LogP contribution in [0, 0.1) is 5.92 Å². The number of hydrogen-bond acceptors (Lipinski definition) is 3. The molecule has 2 heterocycles. The van der Waals surface area contributed by atoms with E-state index in [0.29, 0.717) is 6.04 Å². The highest BCUT2D eigenvalue weighted by molar-refractivity contribution is 5.53. The molecule has 3 nitrogen and oxygen atoms in total. The molecule has 2 unspecified atom stereocenters. The first-order chi connectivity index (χ1) is 8.74. The van der Waals surface area contributed by atoms with Gasteiger partial charge in [-0.1, -0.05) is 13.8 Å². The molecule has 2 rings (SSSR count). The van der Waals surface area contributed by atoms with Crippen molar-refractivity contribution < 1.29 is 0 Å². The summed E-state index contributed by atoms with van der Waals surface area (Å²) in [5.41, 5.74) is 2.69. The van der Waals surface area contributed by atoms with Gasteiger partial charge in [-0.25, -0.2) is 0 Å². The van der Waals surface area contributed by atoms with Crippen molar-refractivity contribution in [2.75, 3.05) is 18.0 Å². The van der Waals surface area contributed by atoms with Crippen LogP contribution < -0.4 is 10.2 Å². The van der Waals surface area contributed by atoms with E-state index < -0.39 is 0 Å². The van der Waals surface area contributed by atoms with Crippen LogP contribution in [0.4, 0.5) is 5.69 Å². The van der Waals surface area contributed by atoms with E-state index in [-0.39, 0.29) is 0 Å². The van der Waals surface area contributed by atoms with Crippen molar-refractivity contribution in [3.63, 3.8) is 0 Å². The highest BCUT2D eigenvalue weighted by Gasteiger charge is 2.25. The fourth-order valence-electron chi connectivity index (χ4n) is 2.77. The Balaban J connectivity index is 2.20. The molecule has 0 spiro atoms. The Hall–Kier alpha value is -1.09. The van der Waals surface area contributed by atoms with Gasteiger partial charge in [0.2, 0.25) is 0 Å². The standard InChI is InChI=1S/C15H25N3/c1-4-16-10-14-11-17-8-7-15(14)18-9-5-6-12(2)13(18)3/h7-8,11-13,16H,4-6,9-10H2,1-3H3. The molecule has 0 aromatic carbocycles. The maximum absolute atomic E-state index is 4.27. The summed E-state index contributed by atoms with van der Waals surface area (Å²) in [6.45, 7) is 9.94. The molecule has 0 radical (unpaired) electrons. The summed E-state index contributed by atoms with van der Waals surface area (Å²) in [4.78, 5) is 6.83. The predicted octanol–water partition coefficient (Wildman–Crippen LogP) is 2.82. The first kappa shape index (κ1) is 13.3. The highest BCUT2D eigenvalue weighted by Crippen LogP contribution is 2.30. The minimum Gasteiger partial charge on any atom is -0.368 e. The molecule has 0 bridgehead atoms. The molecule has 1 aliphatic heterocycles. The molecule has 0 amide bonds. The average Bonchev–Trinajstić information content (AvgIpc) is 2.40. The average molecular weight is 247 g/mol. The van der Waals surface area contributed by atoms with Crippen molar-refractivity contribution in [3.8, 4) is 0 Å². The highest BCUT2D eigenvalue weighted by atomic mass is 15.2. The van der Waals surface area contributed by atoms with E-state index >= 15 is 0 Å². The number of piperidine rings is 1. The summed E-state index contributed by atoms with van der Waals surface area (Å²) in [6.07, 6.45) is 6.57. The van der Waals surface area contributed by atoms with Gasteiger partial charge in [-0.05, 0) is 38.3 Å². The maximum Gasteiger partial charge on any atom is 0.0445 e. The Labute approximate surface area is 111 Å². The van der Waals surface area contributed by atoms with E-state index in [1.165, 1.54) is 30.6 Å². The third kappa shape index (κ3) is 2.83. The lowest BCUT2D eigenvalue weighted by Gasteiger charge is -2.40. The van der Waals surface area contributed by atoms with Gasteiger partial charge in [0.25, 0.3) is 0 Å². The number of nitrogens with zero attached hydrogens (tertiary/aromatic N) is 2. The van der Waals surface area contributed by atoms with Crippen LogP contribution in [0.2, 0.25) is 0 Å². The van der Waals surface area contributed by atoms with E-state index in [2.05, 4.69) is 42.0 Å². The summed E-state index contributed by atoms with van der Waals surface area (Å²) in [7, 11) is 0. The molecule has 0 aliphatic carbocycles. The number of aromatic nitrogens is 1. The molecule has 18 heavy (non-hydrogen) atoms. The van der Waals surface area contributed by atoms with E-state index in [1.54, 1.807) is 0 Å². The van der Waals surface area contributed by atoms with Crippen LogP contribution in [-0.4, -0.2) is 24.1 Å². The van der Waals surface area contributed by atoms with E-state index in [4.69, 9.17) is 0 Å². The molecule has 100 valence electrons. The van der Waals surface area contributed by atoms with E-state index in [1.807, 2.05) is 12.4 Å². The zero-order chi connectivity index (χ0) is 13.0. The van der Waals surface area contributed by atoms with Gasteiger partial charge < -0.3 is 10.2 Å². The van der Waals surface area contributed by atoms with Crippen LogP contribution in [0.5, 0.6) is 0 Å². The van der Waals surface area contributed by atoms with Crippen LogP contribution in [-0.2, 0) is 6.54 Å². The van der Waals surface area contributed by atoms with Gasteiger partial charge in [-0.3, -0.25) is 4.98 Å². The lowest BCUT2D eigenvalue weighted by atomic mass is 9.91. The largest absolute Gasteiger partial charge is 0.368 e. The maximum atomic E-state index is 4.27. The van der Waals surface area contributed by atoms with Gasteiger partial charge >= 0.3 is 0 Å². The minimum atomic E-state index is 0.626. The Morgan fingerprint density at radius 2 is 2.28 bits per heavy atom. The minimum absolute atomic E-state index is 0.626. The Morgan fingerprint density at radius 3 is 3.06 bits per heavy atom. The third-order valence-electron chi connectivity index (χ3n) is 4.13. The monoisotopic (exact) mass is 247 g/mol. The second kappa shape index (κ2) is 6.19. The van der Waals surface area contributed by atoms with Crippen molar-refractivity contribution in [1.29, 1.82) is 0 Å². The first-order valence-corrected chi connectivity index (χ1v) is 7.14. The summed E-state index contributed by atoms with van der Waals surface area (Å²) in [6, 6.07) is 2.79. The van der Waals surface area contributed by atoms with Crippen molar-refractivity contribution in [1.82, 2.24) is 10.3 Å². The summed E-state index contributed by atoms with van der Waals surface area (Å²) in [5.74, 6) is 0.777. The predicted molar refractivity (Wildman–Crippen MR) is 76.8 cm³/mol. The number of nitrogens with one attached hydrogen (secondary N) is 1. The second-order valence-electron chi connectivity index (χ2n) is 5.34. The first-order valence-electron chi connectivity index (χ1n) is 7.14. The quantitative estimate of drug-likeness (QED) is 0.887. The Bertz CT molecular complexity index is 378. The van der Waals surface area contributed by atoms with Crippen LogP contribution in [0.1, 0.15) is 39.2 Å². The molecule has 3 heteroatoms. The lowest BCUT2D eigenvalue weighted by Crippen LogP contribution is -2.43. The Morgan fingerprint density at radius 1 is 1.44 bits per heavy atom. The molecule has 1 saturated heterocycles. The molecular formula is C15H25N3. The molecule has 1 N–H and O–H groups in total. The SMILES string of the molecule is CCNCc1cnccc1N1CCCC(C)C1C. The van der Waals surface area contributed by atoms with Gasteiger partial charge in [0, 0.05) is 42.8 Å². The normalized spacial score (nSPS) is 24.3. The molecule has 1 aromatic rings. The Kier molecular flexibility index (Phi) is 4.59. The number of pyridine rings is 1. The van der Waals surface area contributed by atoms with Gasteiger partial charge in [0.05, 0.1) is 0 Å². The third-order valence-corrected chi connectivity index (χ3v) is 4.13. The van der Waals surface area contributed by atoms with Gasteiger partial charge in [-0.15, -0.1) is 0 Å². The molecule has 1 aliphatic rings. The number of rotatable bonds is 4. The molecular weight excluding hydrogens is 222 g/mol. The number of hydrogen-bond donors (Lipinski definition) is 1. The van der Waals surface area contributed by atoms with Gasteiger partial charge in [0.15, 0.2) is 0 Å². The van der Waals surface area contributed by atoms with Crippen molar-refractivity contribution in [2.45, 2.75) is 46.2 Å².